The summed E-state index contributed by atoms with van der Waals surface area (Å²) in [5.74, 6) is 0.957. The van der Waals surface area contributed by atoms with Crippen LogP contribution in [0.5, 0.6) is 17.2 Å². The lowest BCUT2D eigenvalue weighted by molar-refractivity contribution is 0.343. The van der Waals surface area contributed by atoms with Gasteiger partial charge in [0.15, 0.2) is 11.5 Å². The molecule has 1 fully saturated rings. The molecule has 0 bridgehead atoms. The summed E-state index contributed by atoms with van der Waals surface area (Å²) < 4.78 is 10.4. The van der Waals surface area contributed by atoms with Gasteiger partial charge in [-0.3, -0.25) is 0 Å². The van der Waals surface area contributed by atoms with E-state index in [2.05, 4.69) is 12.2 Å². The van der Waals surface area contributed by atoms with E-state index in [1.165, 1.54) is 7.11 Å². The summed E-state index contributed by atoms with van der Waals surface area (Å²) in [5.41, 5.74) is 0.482. The average Bonchev–Trinajstić information content (AvgIpc) is 2.80. The first kappa shape index (κ1) is 13.3. The number of nitrogens with one attached hydrogen (secondary N) is 1. The number of rotatable bonds is 3. The van der Waals surface area contributed by atoms with E-state index < -0.39 is 0 Å². The number of phenols is 1. The number of methoxy groups -OCH3 is 2. The molecule has 2 N–H and O–H groups in total. The highest BCUT2D eigenvalue weighted by Gasteiger charge is 2.35. The molecular weight excluding hydrogens is 254 g/mol. The number of hydrogen-bond donors (Lipinski definition) is 2. The lowest BCUT2D eigenvalue weighted by Crippen LogP contribution is -2.33. The lowest BCUT2D eigenvalue weighted by atomic mass is 9.89. The Morgan fingerprint density at radius 2 is 2.11 bits per heavy atom. The maximum Gasteiger partial charge on any atom is 0.183 e. The molecule has 1 aliphatic rings. The molecule has 0 spiro atoms. The molecule has 18 heavy (non-hydrogen) atoms. The number of hydrogen-bond acceptors (Lipinski definition) is 4. The van der Waals surface area contributed by atoms with E-state index in [1.807, 2.05) is 0 Å². The van der Waals surface area contributed by atoms with E-state index in [-0.39, 0.29) is 16.3 Å². The van der Waals surface area contributed by atoms with E-state index in [1.54, 1.807) is 13.2 Å². The summed E-state index contributed by atoms with van der Waals surface area (Å²) in [7, 11) is 3.05. The third-order valence-electron chi connectivity index (χ3n) is 3.55. The molecule has 2 rings (SSSR count). The van der Waals surface area contributed by atoms with Crippen LogP contribution in [0.1, 0.15) is 25.3 Å². The third-order valence-corrected chi connectivity index (χ3v) is 3.90. The van der Waals surface area contributed by atoms with Gasteiger partial charge in [0.25, 0.3) is 0 Å². The van der Waals surface area contributed by atoms with Gasteiger partial charge in [-0.15, -0.1) is 0 Å². The van der Waals surface area contributed by atoms with Crippen molar-refractivity contribution in [2.75, 3.05) is 20.8 Å². The monoisotopic (exact) mass is 271 g/mol. The SMILES string of the molecule is COc1cc(C2(C)CCCN2)c(O)c(Cl)c1OC. The minimum absolute atomic E-state index is 0.0613. The Bertz CT molecular complexity index is 456. The predicted octanol–water partition coefficient (Wildman–Crippen LogP) is 2.66. The van der Waals surface area contributed by atoms with Gasteiger partial charge in [-0.25, -0.2) is 0 Å². The van der Waals surface area contributed by atoms with Crippen molar-refractivity contribution in [3.63, 3.8) is 0 Å². The first-order chi connectivity index (χ1) is 8.53. The van der Waals surface area contributed by atoms with Crippen LogP contribution in [0.25, 0.3) is 0 Å². The van der Waals surface area contributed by atoms with Crippen molar-refractivity contribution in [2.24, 2.45) is 0 Å². The van der Waals surface area contributed by atoms with Crippen LogP contribution in [0, 0.1) is 0 Å². The van der Waals surface area contributed by atoms with Crippen molar-refractivity contribution in [3.05, 3.63) is 16.7 Å². The van der Waals surface area contributed by atoms with Gasteiger partial charge in [0.1, 0.15) is 10.8 Å². The standard InChI is InChI=1S/C13H18ClNO3/c1-13(5-4-6-15-13)8-7-9(17-2)12(18-3)10(14)11(8)16/h7,15-16H,4-6H2,1-3H3. The highest BCUT2D eigenvalue weighted by atomic mass is 35.5. The zero-order valence-electron chi connectivity index (χ0n) is 10.8. The zero-order chi connectivity index (χ0) is 13.3. The van der Waals surface area contributed by atoms with Gasteiger partial charge in [-0.1, -0.05) is 11.6 Å². The van der Waals surface area contributed by atoms with Gasteiger partial charge >= 0.3 is 0 Å². The van der Waals surface area contributed by atoms with E-state index in [0.29, 0.717) is 11.5 Å². The average molecular weight is 272 g/mol. The van der Waals surface area contributed by atoms with Crippen LogP contribution in [-0.4, -0.2) is 25.9 Å². The Morgan fingerprint density at radius 3 is 2.61 bits per heavy atom. The van der Waals surface area contributed by atoms with Crippen molar-refractivity contribution in [1.82, 2.24) is 5.32 Å². The fraction of sp³-hybridized carbons (Fsp3) is 0.538. The fourth-order valence-electron chi connectivity index (χ4n) is 2.49. The van der Waals surface area contributed by atoms with E-state index in [0.717, 1.165) is 24.9 Å². The normalized spacial score (nSPS) is 23.1. The van der Waals surface area contributed by atoms with Crippen LogP contribution in [0.4, 0.5) is 0 Å². The maximum absolute atomic E-state index is 10.2. The highest BCUT2D eigenvalue weighted by Crippen LogP contribution is 2.48. The Kier molecular flexibility index (Phi) is 3.59. The van der Waals surface area contributed by atoms with Crippen LogP contribution >= 0.6 is 11.6 Å². The molecular formula is C13H18ClNO3. The molecule has 5 heteroatoms. The summed E-state index contributed by atoms with van der Waals surface area (Å²) >= 11 is 6.14. The molecule has 0 aromatic heterocycles. The molecule has 1 heterocycles. The molecule has 1 aromatic carbocycles. The number of aromatic hydroxyl groups is 1. The molecule has 0 saturated carbocycles. The Balaban J connectivity index is 2.58. The molecule has 1 aromatic rings. The third kappa shape index (κ3) is 1.99. The smallest absolute Gasteiger partial charge is 0.183 e. The number of ether oxygens (including phenoxy) is 2. The molecule has 100 valence electrons. The van der Waals surface area contributed by atoms with Gasteiger partial charge in [0.05, 0.1) is 14.2 Å². The first-order valence-electron chi connectivity index (χ1n) is 5.92. The molecule has 1 aliphatic heterocycles. The second-order valence-corrected chi connectivity index (χ2v) is 5.06. The van der Waals surface area contributed by atoms with E-state index in [4.69, 9.17) is 21.1 Å². The molecule has 0 aliphatic carbocycles. The van der Waals surface area contributed by atoms with Gasteiger partial charge in [-0.05, 0) is 32.4 Å². The minimum Gasteiger partial charge on any atom is -0.506 e. The second kappa shape index (κ2) is 4.86. The van der Waals surface area contributed by atoms with Crippen LogP contribution in [-0.2, 0) is 5.54 Å². The van der Waals surface area contributed by atoms with Crippen molar-refractivity contribution in [2.45, 2.75) is 25.3 Å². The molecule has 1 unspecified atom stereocenters. The lowest BCUT2D eigenvalue weighted by Gasteiger charge is -2.27. The van der Waals surface area contributed by atoms with E-state index >= 15 is 0 Å². The molecule has 0 amide bonds. The van der Waals surface area contributed by atoms with E-state index in [9.17, 15) is 5.11 Å². The summed E-state index contributed by atoms with van der Waals surface area (Å²) in [6.07, 6.45) is 2.02. The minimum atomic E-state index is -0.271. The van der Waals surface area contributed by atoms with Gasteiger partial charge < -0.3 is 19.9 Å². The van der Waals surface area contributed by atoms with Crippen LogP contribution in [0.3, 0.4) is 0 Å². The van der Waals surface area contributed by atoms with Crippen molar-refractivity contribution < 1.29 is 14.6 Å². The topological polar surface area (TPSA) is 50.7 Å². The largest absolute Gasteiger partial charge is 0.506 e. The van der Waals surface area contributed by atoms with Crippen LogP contribution in [0.15, 0.2) is 6.07 Å². The van der Waals surface area contributed by atoms with Crippen molar-refractivity contribution >= 4 is 11.6 Å². The quantitative estimate of drug-likeness (QED) is 0.887. The Morgan fingerprint density at radius 1 is 1.39 bits per heavy atom. The van der Waals surface area contributed by atoms with Crippen LogP contribution in [0.2, 0.25) is 5.02 Å². The molecule has 4 nitrogen and oxygen atoms in total. The number of phenolic OH excluding ortho intramolecular Hbond substituents is 1. The molecule has 1 saturated heterocycles. The summed E-state index contributed by atoms with van der Waals surface area (Å²) in [6.45, 7) is 2.99. The van der Waals surface area contributed by atoms with Crippen LogP contribution < -0.4 is 14.8 Å². The van der Waals surface area contributed by atoms with Gasteiger partial charge in [-0.2, -0.15) is 0 Å². The van der Waals surface area contributed by atoms with Gasteiger partial charge in [0.2, 0.25) is 0 Å². The van der Waals surface area contributed by atoms with Crippen molar-refractivity contribution in [3.8, 4) is 17.2 Å². The summed E-state index contributed by atoms with van der Waals surface area (Å²) in [4.78, 5) is 0. The Hall–Kier alpha value is -1.13. The summed E-state index contributed by atoms with van der Waals surface area (Å²) in [5, 5.41) is 13.8. The fourth-order valence-corrected chi connectivity index (χ4v) is 2.76. The number of benzene rings is 1. The Labute approximate surface area is 112 Å². The molecule has 0 radical (unpaired) electrons. The molecule has 1 atom stereocenters. The predicted molar refractivity (Wildman–Crippen MR) is 70.8 cm³/mol. The van der Waals surface area contributed by atoms with Crippen molar-refractivity contribution in [1.29, 1.82) is 0 Å². The highest BCUT2D eigenvalue weighted by molar-refractivity contribution is 6.34. The first-order valence-corrected chi connectivity index (χ1v) is 6.30. The summed E-state index contributed by atoms with van der Waals surface area (Å²) in [6, 6.07) is 1.79. The van der Waals surface area contributed by atoms with Gasteiger partial charge in [0, 0.05) is 11.1 Å². The zero-order valence-corrected chi connectivity index (χ0v) is 11.6. The number of halogens is 1. The second-order valence-electron chi connectivity index (χ2n) is 4.68. The maximum atomic E-state index is 10.2.